The van der Waals surface area contributed by atoms with Crippen molar-refractivity contribution in [2.24, 2.45) is 0 Å². The summed E-state index contributed by atoms with van der Waals surface area (Å²) < 4.78 is 14.2. The Bertz CT molecular complexity index is 1410. The largest absolute Gasteiger partial charge is 0.311 e. The Morgan fingerprint density at radius 1 is 0.457 bits per heavy atom. The summed E-state index contributed by atoms with van der Waals surface area (Å²) in [6.45, 7) is 0. The number of para-hydroxylation sites is 2. The van der Waals surface area contributed by atoms with E-state index in [1.54, 1.807) is 0 Å². The Labute approximate surface area is 206 Å². The number of hydrogen-bond acceptors (Lipinski definition) is 2. The van der Waals surface area contributed by atoms with E-state index in [4.69, 9.17) is 0 Å². The van der Waals surface area contributed by atoms with Gasteiger partial charge in [-0.1, -0.05) is 103 Å². The van der Waals surface area contributed by atoms with Crippen LogP contribution in [0.3, 0.4) is 0 Å². The van der Waals surface area contributed by atoms with Crippen molar-refractivity contribution in [1.82, 2.24) is 0 Å². The molecule has 0 N–H and O–H groups in total. The molecule has 35 heavy (non-hydrogen) atoms. The summed E-state index contributed by atoms with van der Waals surface area (Å²) >= 11 is 0. The molecule has 3 heteroatoms. The number of nitrogens with zero attached hydrogens (tertiary/aromatic N) is 1. The molecular formula is C32H24NOP. The third kappa shape index (κ3) is 4.97. The molecule has 0 aliphatic carbocycles. The number of anilines is 3. The van der Waals surface area contributed by atoms with E-state index < -0.39 is 7.14 Å². The third-order valence-electron chi connectivity index (χ3n) is 5.75. The van der Waals surface area contributed by atoms with Crippen LogP contribution in [0, 0.1) is 11.6 Å². The van der Waals surface area contributed by atoms with Crippen molar-refractivity contribution in [1.29, 1.82) is 0 Å². The topological polar surface area (TPSA) is 20.3 Å². The first-order valence-electron chi connectivity index (χ1n) is 11.5. The molecule has 0 saturated heterocycles. The molecule has 0 atom stereocenters. The maximum absolute atomic E-state index is 14.2. The lowest BCUT2D eigenvalue weighted by atomic mass is 10.1. The van der Waals surface area contributed by atoms with Gasteiger partial charge < -0.3 is 4.90 Å². The lowest BCUT2D eigenvalue weighted by Gasteiger charge is -2.25. The molecule has 2 nitrogen and oxygen atoms in total. The molecule has 0 aromatic heterocycles. The first-order chi connectivity index (χ1) is 17.2. The first kappa shape index (κ1) is 22.5. The summed E-state index contributed by atoms with van der Waals surface area (Å²) in [4.78, 5) is 2.20. The second-order valence-electron chi connectivity index (χ2n) is 8.07. The summed E-state index contributed by atoms with van der Waals surface area (Å²) in [5.74, 6) is 3.20. The highest BCUT2D eigenvalue weighted by Gasteiger charge is 2.24. The van der Waals surface area contributed by atoms with Gasteiger partial charge in [-0.15, -0.1) is 0 Å². The lowest BCUT2D eigenvalue weighted by molar-refractivity contribution is 0.593. The third-order valence-corrected chi connectivity index (χ3v) is 8.23. The van der Waals surface area contributed by atoms with Crippen LogP contribution in [0.1, 0.15) is 5.56 Å². The van der Waals surface area contributed by atoms with E-state index in [-0.39, 0.29) is 0 Å². The van der Waals surface area contributed by atoms with Gasteiger partial charge in [0.05, 0.1) is 0 Å². The molecule has 0 fully saturated rings. The highest BCUT2D eigenvalue weighted by Crippen LogP contribution is 2.42. The molecule has 5 aromatic carbocycles. The molecule has 0 spiro atoms. The van der Waals surface area contributed by atoms with E-state index >= 15 is 0 Å². The van der Waals surface area contributed by atoms with Crippen LogP contribution in [0.4, 0.5) is 17.1 Å². The fourth-order valence-corrected chi connectivity index (χ4v) is 6.02. The van der Waals surface area contributed by atoms with Crippen LogP contribution >= 0.6 is 7.14 Å². The Morgan fingerprint density at radius 3 is 1.26 bits per heavy atom. The van der Waals surface area contributed by atoms with Gasteiger partial charge in [-0.2, -0.15) is 0 Å². The lowest BCUT2D eigenvalue weighted by Crippen LogP contribution is -2.14. The van der Waals surface area contributed by atoms with E-state index in [0.717, 1.165) is 33.2 Å². The van der Waals surface area contributed by atoms with Gasteiger partial charge in [0.1, 0.15) is 0 Å². The fourth-order valence-electron chi connectivity index (χ4n) is 3.99. The number of hydrogen-bond donors (Lipinski definition) is 0. The summed E-state index contributed by atoms with van der Waals surface area (Å²) in [5, 5.41) is 1.49. The zero-order valence-corrected chi connectivity index (χ0v) is 20.1. The smallest absolute Gasteiger partial charge is 0.211 e. The average Bonchev–Trinajstić information content (AvgIpc) is 2.95. The van der Waals surface area contributed by atoms with Gasteiger partial charge in [0, 0.05) is 33.2 Å². The van der Waals surface area contributed by atoms with Crippen molar-refractivity contribution in [3.8, 4) is 11.6 Å². The maximum atomic E-state index is 14.2. The predicted molar refractivity (Wildman–Crippen MR) is 148 cm³/mol. The average molecular weight is 470 g/mol. The predicted octanol–water partition coefficient (Wildman–Crippen LogP) is 7.48. The van der Waals surface area contributed by atoms with Crippen molar-refractivity contribution < 1.29 is 4.57 Å². The summed E-state index contributed by atoms with van der Waals surface area (Å²) in [5.41, 5.74) is 7.16. The van der Waals surface area contributed by atoms with Crippen molar-refractivity contribution in [3.63, 3.8) is 0 Å². The minimum absolute atomic E-state index is 0.745. The van der Waals surface area contributed by atoms with E-state index in [2.05, 4.69) is 52.9 Å². The SMILES string of the molecule is O=P(C#Cc1ccc(N(c2ccccc2)c2ccccc2)cc1)(c1ccccc1)c1ccccc1. The Kier molecular flexibility index (Phi) is 6.62. The van der Waals surface area contributed by atoms with Gasteiger partial charge in [-0.25, -0.2) is 0 Å². The molecule has 0 aliphatic heterocycles. The van der Waals surface area contributed by atoms with Crippen LogP contribution in [0.25, 0.3) is 0 Å². The van der Waals surface area contributed by atoms with Crippen molar-refractivity contribution in [3.05, 3.63) is 151 Å². The van der Waals surface area contributed by atoms with Gasteiger partial charge in [0.25, 0.3) is 0 Å². The number of rotatable bonds is 5. The van der Waals surface area contributed by atoms with Crippen LogP contribution in [0.5, 0.6) is 0 Å². The maximum Gasteiger partial charge on any atom is 0.211 e. The van der Waals surface area contributed by atoms with E-state index in [0.29, 0.717) is 0 Å². The highest BCUT2D eigenvalue weighted by molar-refractivity contribution is 7.83. The Hall–Kier alpha value is -4.31. The van der Waals surface area contributed by atoms with Crippen molar-refractivity contribution in [2.45, 2.75) is 0 Å². The van der Waals surface area contributed by atoms with Gasteiger partial charge in [-0.05, 0) is 54.2 Å². The van der Waals surface area contributed by atoms with Gasteiger partial charge in [0.2, 0.25) is 7.14 Å². The normalized spacial score (nSPS) is 10.7. The molecule has 0 bridgehead atoms. The molecule has 0 heterocycles. The molecule has 5 rings (SSSR count). The summed E-state index contributed by atoms with van der Waals surface area (Å²) in [7, 11) is -3.09. The second-order valence-corrected chi connectivity index (χ2v) is 10.5. The minimum Gasteiger partial charge on any atom is -0.311 e. The van der Waals surface area contributed by atoms with E-state index in [1.165, 1.54) is 0 Å². The van der Waals surface area contributed by atoms with Gasteiger partial charge in [-0.3, -0.25) is 4.57 Å². The van der Waals surface area contributed by atoms with Crippen LogP contribution in [-0.4, -0.2) is 0 Å². The van der Waals surface area contributed by atoms with Gasteiger partial charge >= 0.3 is 0 Å². The molecule has 0 saturated carbocycles. The van der Waals surface area contributed by atoms with Crippen molar-refractivity contribution >= 4 is 34.8 Å². The summed E-state index contributed by atoms with van der Waals surface area (Å²) in [6.07, 6.45) is 0. The highest BCUT2D eigenvalue weighted by atomic mass is 31.2. The van der Waals surface area contributed by atoms with Gasteiger partial charge in [0.15, 0.2) is 0 Å². The Balaban J connectivity index is 1.52. The van der Waals surface area contributed by atoms with E-state index in [9.17, 15) is 4.57 Å². The van der Waals surface area contributed by atoms with Crippen LogP contribution < -0.4 is 15.5 Å². The zero-order chi connectivity index (χ0) is 23.9. The van der Waals surface area contributed by atoms with E-state index in [1.807, 2.05) is 109 Å². The number of benzene rings is 5. The molecule has 168 valence electrons. The summed E-state index contributed by atoms with van der Waals surface area (Å²) in [6, 6.07) is 47.7. The molecule has 0 unspecified atom stereocenters. The molecule has 0 aliphatic rings. The molecular weight excluding hydrogens is 445 g/mol. The molecule has 0 amide bonds. The van der Waals surface area contributed by atoms with Crippen LogP contribution in [0.2, 0.25) is 0 Å². The van der Waals surface area contributed by atoms with Crippen molar-refractivity contribution in [2.75, 3.05) is 4.90 Å². The minimum atomic E-state index is -3.09. The first-order valence-corrected chi connectivity index (χ1v) is 13.2. The molecule has 5 aromatic rings. The quantitative estimate of drug-likeness (QED) is 0.196. The monoisotopic (exact) mass is 469 g/mol. The second kappa shape index (κ2) is 10.3. The zero-order valence-electron chi connectivity index (χ0n) is 19.2. The van der Waals surface area contributed by atoms with Crippen LogP contribution in [-0.2, 0) is 4.57 Å². The standard InChI is InChI=1S/C32H24NOP/c34-35(31-17-9-3-10-18-31,32-19-11-4-12-20-32)26-25-27-21-23-30(24-22-27)33(28-13-5-1-6-14-28)29-15-7-2-8-16-29/h1-24H. The van der Waals surface area contributed by atoms with Crippen LogP contribution in [0.15, 0.2) is 146 Å². The fraction of sp³-hybridized carbons (Fsp3) is 0. The molecule has 0 radical (unpaired) electrons. The Morgan fingerprint density at radius 2 is 0.829 bits per heavy atom.